The minimum absolute atomic E-state index is 0.0288. The number of benzene rings is 1. The van der Waals surface area contributed by atoms with E-state index < -0.39 is 0 Å². The van der Waals surface area contributed by atoms with E-state index >= 15 is 0 Å². The van der Waals surface area contributed by atoms with Gasteiger partial charge in [-0.2, -0.15) is 0 Å². The number of ether oxygens (including phenoxy) is 2. The van der Waals surface area contributed by atoms with Crippen molar-refractivity contribution in [1.82, 2.24) is 9.88 Å². The van der Waals surface area contributed by atoms with E-state index in [1.165, 1.54) is 0 Å². The quantitative estimate of drug-likeness (QED) is 0.616. The van der Waals surface area contributed by atoms with Gasteiger partial charge in [-0.25, -0.2) is 4.98 Å². The van der Waals surface area contributed by atoms with Crippen LogP contribution in [0, 0.1) is 6.92 Å². The van der Waals surface area contributed by atoms with E-state index in [0.29, 0.717) is 35.4 Å². The minimum atomic E-state index is -0.0288. The summed E-state index contributed by atoms with van der Waals surface area (Å²) in [7, 11) is 4.96. The first-order valence-corrected chi connectivity index (χ1v) is 9.34. The predicted octanol–water partition coefficient (Wildman–Crippen LogP) is 3.93. The lowest BCUT2D eigenvalue weighted by atomic mass is 10.1. The molecule has 0 bridgehead atoms. The van der Waals surface area contributed by atoms with Gasteiger partial charge in [-0.3, -0.25) is 4.79 Å². The highest BCUT2D eigenvalue weighted by Crippen LogP contribution is 2.28. The molecule has 0 N–H and O–H groups in total. The molecule has 0 radical (unpaired) electrons. The fraction of sp³-hybridized carbons (Fsp3) is 0.300. The summed E-state index contributed by atoms with van der Waals surface area (Å²) in [6.07, 6.45) is 0.199. The van der Waals surface area contributed by atoms with Crippen LogP contribution in [0.15, 0.2) is 40.1 Å². The number of amides is 1. The Morgan fingerprint density at radius 3 is 2.67 bits per heavy atom. The molecule has 27 heavy (non-hydrogen) atoms. The van der Waals surface area contributed by atoms with Crippen LogP contribution in [0.3, 0.4) is 0 Å². The second-order valence-electron chi connectivity index (χ2n) is 6.12. The van der Waals surface area contributed by atoms with Crippen molar-refractivity contribution in [2.75, 3.05) is 21.3 Å². The number of aryl methyl sites for hydroxylation is 1. The van der Waals surface area contributed by atoms with Crippen molar-refractivity contribution in [1.29, 1.82) is 0 Å². The predicted molar refractivity (Wildman–Crippen MR) is 104 cm³/mol. The number of thiophene rings is 1. The number of likely N-dealkylation sites (N-methyl/N-ethyl adjacent to an activating group) is 1. The molecule has 2 aromatic heterocycles. The van der Waals surface area contributed by atoms with Gasteiger partial charge in [-0.15, -0.1) is 11.3 Å². The molecule has 142 valence electrons. The van der Waals surface area contributed by atoms with Crippen molar-refractivity contribution in [3.05, 3.63) is 52.7 Å². The molecule has 0 aliphatic heterocycles. The van der Waals surface area contributed by atoms with Gasteiger partial charge in [0, 0.05) is 13.6 Å². The van der Waals surface area contributed by atoms with Crippen LogP contribution in [0.25, 0.3) is 10.8 Å². The minimum Gasteiger partial charge on any atom is -0.493 e. The van der Waals surface area contributed by atoms with Crippen LogP contribution >= 0.6 is 11.3 Å². The molecule has 0 spiro atoms. The molecule has 0 fully saturated rings. The molecule has 3 rings (SSSR count). The number of methoxy groups -OCH3 is 2. The second-order valence-corrected chi connectivity index (χ2v) is 7.06. The van der Waals surface area contributed by atoms with Crippen LogP contribution in [-0.4, -0.2) is 37.1 Å². The van der Waals surface area contributed by atoms with Crippen molar-refractivity contribution in [2.45, 2.75) is 19.9 Å². The van der Waals surface area contributed by atoms with Crippen molar-refractivity contribution in [3.63, 3.8) is 0 Å². The highest BCUT2D eigenvalue weighted by molar-refractivity contribution is 7.13. The number of hydrogen-bond acceptors (Lipinski definition) is 6. The van der Waals surface area contributed by atoms with Crippen LogP contribution in [0.1, 0.15) is 17.0 Å². The Kier molecular flexibility index (Phi) is 5.81. The summed E-state index contributed by atoms with van der Waals surface area (Å²) in [4.78, 5) is 19.7. The topological polar surface area (TPSA) is 64.8 Å². The Balaban J connectivity index is 1.68. The average Bonchev–Trinajstić information content (AvgIpc) is 3.32. The van der Waals surface area contributed by atoms with E-state index in [1.54, 1.807) is 37.5 Å². The van der Waals surface area contributed by atoms with E-state index in [9.17, 15) is 4.79 Å². The van der Waals surface area contributed by atoms with Gasteiger partial charge in [0.2, 0.25) is 11.8 Å². The maximum atomic E-state index is 12.6. The Labute approximate surface area is 162 Å². The van der Waals surface area contributed by atoms with Crippen LogP contribution in [0.4, 0.5) is 0 Å². The van der Waals surface area contributed by atoms with Crippen molar-refractivity contribution in [3.8, 4) is 22.3 Å². The molecule has 2 heterocycles. The molecule has 0 atom stereocenters. The molecular weight excluding hydrogens is 364 g/mol. The highest BCUT2D eigenvalue weighted by Gasteiger charge is 2.18. The largest absolute Gasteiger partial charge is 0.493 e. The molecule has 3 aromatic rings. The van der Waals surface area contributed by atoms with Crippen LogP contribution in [0.2, 0.25) is 0 Å². The molecule has 0 aliphatic rings. The van der Waals surface area contributed by atoms with Gasteiger partial charge in [0.15, 0.2) is 11.5 Å². The lowest BCUT2D eigenvalue weighted by molar-refractivity contribution is -0.129. The number of carbonyl (C=O) groups excluding carboxylic acids is 1. The number of aromatic nitrogens is 1. The second kappa shape index (κ2) is 8.26. The number of hydrogen-bond donors (Lipinski definition) is 0. The Morgan fingerprint density at radius 2 is 2.00 bits per heavy atom. The highest BCUT2D eigenvalue weighted by atomic mass is 32.1. The van der Waals surface area contributed by atoms with Crippen molar-refractivity contribution in [2.24, 2.45) is 0 Å². The van der Waals surface area contributed by atoms with Gasteiger partial charge in [0.25, 0.3) is 0 Å². The summed E-state index contributed by atoms with van der Waals surface area (Å²) in [6.45, 7) is 2.30. The zero-order valence-corrected chi connectivity index (χ0v) is 16.6. The maximum absolute atomic E-state index is 12.6. The first-order valence-electron chi connectivity index (χ1n) is 8.47. The summed E-state index contributed by atoms with van der Waals surface area (Å²) in [5.74, 6) is 2.51. The van der Waals surface area contributed by atoms with E-state index in [-0.39, 0.29) is 12.3 Å². The molecule has 1 amide bonds. The van der Waals surface area contributed by atoms with Crippen molar-refractivity contribution < 1.29 is 18.7 Å². The van der Waals surface area contributed by atoms with Gasteiger partial charge in [-0.05, 0) is 36.1 Å². The lowest BCUT2D eigenvalue weighted by Crippen LogP contribution is -2.28. The molecule has 0 unspecified atom stereocenters. The van der Waals surface area contributed by atoms with Gasteiger partial charge < -0.3 is 18.8 Å². The molecule has 0 aliphatic carbocycles. The SMILES string of the molecule is COc1ccc(CN(C)C(=O)Cc2nc(-c3cccs3)oc2C)cc1OC. The first kappa shape index (κ1) is 19.0. The molecular formula is C20H22N2O4S. The lowest BCUT2D eigenvalue weighted by Gasteiger charge is -2.18. The van der Waals surface area contributed by atoms with Gasteiger partial charge in [0.05, 0.1) is 31.2 Å². The van der Waals surface area contributed by atoms with E-state index in [2.05, 4.69) is 4.98 Å². The van der Waals surface area contributed by atoms with Gasteiger partial charge in [-0.1, -0.05) is 12.1 Å². The third kappa shape index (κ3) is 4.31. The average molecular weight is 386 g/mol. The zero-order chi connectivity index (χ0) is 19.4. The van der Waals surface area contributed by atoms with Crippen LogP contribution in [0.5, 0.6) is 11.5 Å². The zero-order valence-electron chi connectivity index (χ0n) is 15.8. The van der Waals surface area contributed by atoms with E-state index in [1.807, 2.05) is 42.6 Å². The van der Waals surface area contributed by atoms with Crippen LogP contribution in [-0.2, 0) is 17.8 Å². The Bertz CT molecular complexity index is 918. The summed E-state index contributed by atoms with van der Waals surface area (Å²) < 4.78 is 16.3. The third-order valence-electron chi connectivity index (χ3n) is 4.24. The number of nitrogens with zero attached hydrogens (tertiary/aromatic N) is 2. The molecule has 1 aromatic carbocycles. The fourth-order valence-corrected chi connectivity index (χ4v) is 3.37. The van der Waals surface area contributed by atoms with E-state index in [0.717, 1.165) is 10.4 Å². The summed E-state index contributed by atoms with van der Waals surface area (Å²) in [6, 6.07) is 9.52. The monoisotopic (exact) mass is 386 g/mol. The van der Waals surface area contributed by atoms with Crippen LogP contribution < -0.4 is 9.47 Å². The summed E-state index contributed by atoms with van der Waals surface area (Å²) in [5.41, 5.74) is 1.63. The van der Waals surface area contributed by atoms with E-state index in [4.69, 9.17) is 13.9 Å². The number of rotatable bonds is 7. The molecule has 0 saturated heterocycles. The smallest absolute Gasteiger partial charge is 0.236 e. The normalized spacial score (nSPS) is 10.7. The maximum Gasteiger partial charge on any atom is 0.236 e. The van der Waals surface area contributed by atoms with Gasteiger partial charge in [0.1, 0.15) is 5.76 Å². The molecule has 7 heteroatoms. The standard InChI is InChI=1S/C20H22N2O4S/c1-13-15(21-20(26-13)18-6-5-9-27-18)11-19(23)22(2)12-14-7-8-16(24-3)17(10-14)25-4/h5-10H,11-12H2,1-4H3. The summed E-state index contributed by atoms with van der Waals surface area (Å²) in [5, 5.41) is 1.97. The number of oxazole rings is 1. The Morgan fingerprint density at radius 1 is 1.22 bits per heavy atom. The Hall–Kier alpha value is -2.80. The first-order chi connectivity index (χ1) is 13.0. The third-order valence-corrected chi connectivity index (χ3v) is 5.09. The van der Waals surface area contributed by atoms with Gasteiger partial charge >= 0.3 is 0 Å². The number of carbonyl (C=O) groups is 1. The van der Waals surface area contributed by atoms with Crippen molar-refractivity contribution >= 4 is 17.2 Å². The fourth-order valence-electron chi connectivity index (χ4n) is 2.72. The molecule has 0 saturated carbocycles. The molecule has 6 nitrogen and oxygen atoms in total. The summed E-state index contributed by atoms with van der Waals surface area (Å²) >= 11 is 1.56.